The number of hydrogen-bond acceptors (Lipinski definition) is 1. The third-order valence-electron chi connectivity index (χ3n) is 5.44. The molecule has 3 aromatic heterocycles. The number of fused-ring (bicyclic) bond motifs is 7. The Morgan fingerprint density at radius 1 is 0.923 bits per heavy atom. The van der Waals surface area contributed by atoms with E-state index in [9.17, 15) is 0 Å². The molecule has 26 heavy (non-hydrogen) atoms. The molecule has 6 rings (SSSR count). The molecule has 2 aromatic carbocycles. The molecule has 0 saturated carbocycles. The molecular formula is C22H17N4+. The van der Waals surface area contributed by atoms with Gasteiger partial charge >= 0.3 is 0 Å². The molecule has 1 aliphatic heterocycles. The Morgan fingerprint density at radius 3 is 2.62 bits per heavy atom. The van der Waals surface area contributed by atoms with Crippen LogP contribution in [0.25, 0.3) is 39.3 Å². The van der Waals surface area contributed by atoms with Crippen LogP contribution in [0.1, 0.15) is 5.56 Å². The van der Waals surface area contributed by atoms with Gasteiger partial charge in [-0.3, -0.25) is 4.57 Å². The summed E-state index contributed by atoms with van der Waals surface area (Å²) in [7, 11) is 2.16. The van der Waals surface area contributed by atoms with Gasteiger partial charge in [0.15, 0.2) is 5.52 Å². The molecule has 0 fully saturated rings. The van der Waals surface area contributed by atoms with E-state index >= 15 is 0 Å². The quantitative estimate of drug-likeness (QED) is 0.419. The average molecular weight is 337 g/mol. The van der Waals surface area contributed by atoms with Gasteiger partial charge in [0, 0.05) is 11.8 Å². The zero-order valence-electron chi connectivity index (χ0n) is 14.4. The number of pyridine rings is 1. The number of imidazole rings is 1. The maximum Gasteiger partial charge on any atom is 0.270 e. The van der Waals surface area contributed by atoms with Gasteiger partial charge in [0.05, 0.1) is 19.0 Å². The zero-order valence-corrected chi connectivity index (χ0v) is 14.4. The number of nitrogens with zero attached hydrogens (tertiary/aromatic N) is 4. The van der Waals surface area contributed by atoms with Crippen molar-refractivity contribution in [2.45, 2.75) is 6.54 Å². The van der Waals surface area contributed by atoms with Crippen molar-refractivity contribution in [2.75, 3.05) is 0 Å². The summed E-state index contributed by atoms with van der Waals surface area (Å²) < 4.78 is 7.08. The van der Waals surface area contributed by atoms with Crippen LogP contribution >= 0.6 is 0 Å². The minimum atomic E-state index is 0.860. The van der Waals surface area contributed by atoms with Gasteiger partial charge in [-0.1, -0.05) is 36.4 Å². The van der Waals surface area contributed by atoms with Crippen molar-refractivity contribution < 1.29 is 4.57 Å². The van der Waals surface area contributed by atoms with Crippen molar-refractivity contribution >= 4 is 22.1 Å². The normalized spacial score (nSPS) is 12.7. The van der Waals surface area contributed by atoms with E-state index in [-0.39, 0.29) is 0 Å². The fourth-order valence-corrected chi connectivity index (χ4v) is 4.37. The predicted molar refractivity (Wildman–Crippen MR) is 102 cm³/mol. The molecule has 4 nitrogen and oxygen atoms in total. The first-order chi connectivity index (χ1) is 12.8. The molecular weight excluding hydrogens is 320 g/mol. The van der Waals surface area contributed by atoms with Gasteiger partial charge in [0.2, 0.25) is 0 Å². The fourth-order valence-electron chi connectivity index (χ4n) is 4.37. The highest BCUT2D eigenvalue weighted by Gasteiger charge is 2.37. The van der Waals surface area contributed by atoms with Crippen LogP contribution in [0.5, 0.6) is 0 Å². The summed E-state index contributed by atoms with van der Waals surface area (Å²) in [5.41, 5.74) is 7.27. The Balaban J connectivity index is 1.87. The third-order valence-corrected chi connectivity index (χ3v) is 5.44. The highest BCUT2D eigenvalue weighted by molar-refractivity contribution is 6.05. The van der Waals surface area contributed by atoms with Crippen molar-refractivity contribution in [3.63, 3.8) is 0 Å². The lowest BCUT2D eigenvalue weighted by Crippen LogP contribution is -2.33. The molecule has 0 N–H and O–H groups in total. The van der Waals surface area contributed by atoms with Gasteiger partial charge < -0.3 is 0 Å². The van der Waals surface area contributed by atoms with Gasteiger partial charge in [-0.15, -0.1) is 0 Å². The summed E-state index contributed by atoms with van der Waals surface area (Å²) in [6, 6.07) is 23.4. The highest BCUT2D eigenvalue weighted by Crippen LogP contribution is 2.36. The van der Waals surface area contributed by atoms with E-state index in [2.05, 4.69) is 81.4 Å². The largest absolute Gasteiger partial charge is 0.270 e. The minimum absolute atomic E-state index is 0.860. The number of rotatable bonds is 1. The lowest BCUT2D eigenvalue weighted by Gasteiger charge is -2.03. The van der Waals surface area contributed by atoms with Crippen molar-refractivity contribution in [1.29, 1.82) is 0 Å². The molecule has 5 aromatic rings. The van der Waals surface area contributed by atoms with Crippen LogP contribution in [0.4, 0.5) is 0 Å². The molecule has 0 aliphatic carbocycles. The van der Waals surface area contributed by atoms with E-state index in [0.717, 1.165) is 18.1 Å². The summed E-state index contributed by atoms with van der Waals surface area (Å²) in [5.74, 6) is 1.16. The third kappa shape index (κ3) is 1.59. The maximum atomic E-state index is 4.72. The molecule has 0 radical (unpaired) electrons. The van der Waals surface area contributed by atoms with Crippen molar-refractivity contribution in [3.8, 4) is 17.2 Å². The minimum Gasteiger partial charge on any atom is -0.259 e. The van der Waals surface area contributed by atoms with Gasteiger partial charge in [-0.05, 0) is 30.3 Å². The molecule has 1 aliphatic rings. The Kier molecular flexibility index (Phi) is 2.57. The van der Waals surface area contributed by atoms with E-state index in [4.69, 9.17) is 4.98 Å². The number of para-hydroxylation sites is 2. The number of benzene rings is 2. The van der Waals surface area contributed by atoms with Crippen LogP contribution in [0.2, 0.25) is 0 Å². The number of hydrogen-bond donors (Lipinski definition) is 0. The molecule has 0 amide bonds. The van der Waals surface area contributed by atoms with Crippen LogP contribution in [0, 0.1) is 0 Å². The average Bonchev–Trinajstić information content (AvgIpc) is 3.31. The molecule has 0 unspecified atom stereocenters. The second kappa shape index (κ2) is 4.82. The molecule has 4 heteroatoms. The number of aromatic nitrogens is 4. The lowest BCUT2D eigenvalue weighted by atomic mass is 10.2. The highest BCUT2D eigenvalue weighted by atomic mass is 15.3. The summed E-state index contributed by atoms with van der Waals surface area (Å²) in [6.45, 7) is 0.860. The first-order valence-electron chi connectivity index (χ1n) is 8.86. The number of aryl methyl sites for hydroxylation is 1. The SMILES string of the molecule is Cn1c2ccccc2c2c1[n+]1c(n2-c2ccccc2)-c2ncccc2C1. The molecule has 0 saturated heterocycles. The lowest BCUT2D eigenvalue weighted by molar-refractivity contribution is -0.648. The second-order valence-corrected chi connectivity index (χ2v) is 6.84. The Hall–Kier alpha value is -3.40. The zero-order chi connectivity index (χ0) is 17.3. The molecule has 4 heterocycles. The van der Waals surface area contributed by atoms with Crippen molar-refractivity contribution in [1.82, 2.24) is 14.1 Å². The van der Waals surface area contributed by atoms with Crippen LogP contribution in [0.3, 0.4) is 0 Å². The first-order valence-corrected chi connectivity index (χ1v) is 8.86. The van der Waals surface area contributed by atoms with Crippen molar-refractivity contribution in [3.05, 3.63) is 78.5 Å². The Labute approximate surface area is 150 Å². The van der Waals surface area contributed by atoms with Crippen molar-refractivity contribution in [2.24, 2.45) is 7.05 Å². The molecule has 0 bridgehead atoms. The first kappa shape index (κ1) is 13.8. The van der Waals surface area contributed by atoms with E-state index < -0.39 is 0 Å². The topological polar surface area (TPSA) is 26.6 Å². The second-order valence-electron chi connectivity index (χ2n) is 6.84. The standard InChI is InChI=1S/C22H17N4/c1-24-18-12-6-5-11-17(18)20-22(24)25-14-15-8-7-13-23-19(15)21(25)26(20)16-9-3-2-4-10-16/h2-13H,14H2,1H3/q+1. The molecule has 0 atom stereocenters. The monoisotopic (exact) mass is 337 g/mol. The van der Waals surface area contributed by atoms with Crippen LogP contribution in [-0.2, 0) is 13.6 Å². The van der Waals surface area contributed by atoms with E-state index in [1.54, 1.807) is 0 Å². The smallest absolute Gasteiger partial charge is 0.259 e. The van der Waals surface area contributed by atoms with Gasteiger partial charge in [0.25, 0.3) is 11.5 Å². The molecule has 124 valence electrons. The van der Waals surface area contributed by atoms with E-state index in [0.29, 0.717) is 0 Å². The van der Waals surface area contributed by atoms with Gasteiger partial charge in [0.1, 0.15) is 16.9 Å². The maximum absolute atomic E-state index is 4.72. The van der Waals surface area contributed by atoms with E-state index in [1.807, 2.05) is 12.3 Å². The Bertz CT molecular complexity index is 1310. The summed E-state index contributed by atoms with van der Waals surface area (Å²) in [6.07, 6.45) is 1.89. The fraction of sp³-hybridized carbons (Fsp3) is 0.0909. The Morgan fingerprint density at radius 2 is 1.73 bits per heavy atom. The summed E-state index contributed by atoms with van der Waals surface area (Å²) >= 11 is 0. The van der Waals surface area contributed by atoms with E-state index in [1.165, 1.54) is 33.3 Å². The van der Waals surface area contributed by atoms with Gasteiger partial charge in [-0.2, -0.15) is 0 Å². The predicted octanol–water partition coefficient (Wildman–Crippen LogP) is 3.83. The van der Waals surface area contributed by atoms with Gasteiger partial charge in [-0.25, -0.2) is 14.1 Å². The molecule has 0 spiro atoms. The van der Waals surface area contributed by atoms with Crippen LogP contribution < -0.4 is 4.57 Å². The summed E-state index contributed by atoms with van der Waals surface area (Å²) in [5, 5.41) is 1.27. The van der Waals surface area contributed by atoms with Crippen LogP contribution in [0.15, 0.2) is 72.9 Å². The van der Waals surface area contributed by atoms with Crippen LogP contribution in [-0.4, -0.2) is 14.1 Å². The summed E-state index contributed by atoms with van der Waals surface area (Å²) in [4.78, 5) is 4.72.